The summed E-state index contributed by atoms with van der Waals surface area (Å²) in [6, 6.07) is 0. The van der Waals surface area contributed by atoms with Crippen molar-refractivity contribution in [2.75, 3.05) is 26.8 Å². The largest absolute Gasteiger partial charge is 0.362 e. The van der Waals surface area contributed by atoms with Crippen LogP contribution in [0.3, 0.4) is 0 Å². The van der Waals surface area contributed by atoms with Gasteiger partial charge in [0.05, 0.1) is 6.67 Å². The number of nitrogens with zero attached hydrogens (tertiary/aromatic N) is 2. The molecule has 0 atom stereocenters. The van der Waals surface area contributed by atoms with Crippen molar-refractivity contribution in [1.82, 2.24) is 9.80 Å². The summed E-state index contributed by atoms with van der Waals surface area (Å²) in [6.45, 7) is 12.0. The zero-order valence-electron chi connectivity index (χ0n) is 8.51. The summed E-state index contributed by atoms with van der Waals surface area (Å²) in [5.41, 5.74) is 1.28. The highest BCUT2D eigenvalue weighted by Crippen LogP contribution is 2.16. The third-order valence-electron chi connectivity index (χ3n) is 2.45. The van der Waals surface area contributed by atoms with Gasteiger partial charge in [0, 0.05) is 18.8 Å². The van der Waals surface area contributed by atoms with Gasteiger partial charge in [-0.15, -0.1) is 0 Å². The standard InChI is InChI=1S/C10H20N2/c1-9(2)10(3)12-7-5-6-11(4)8-12/h9H,3,5-8H2,1-2,4H3. The van der Waals surface area contributed by atoms with Crippen LogP contribution < -0.4 is 0 Å². The smallest absolute Gasteiger partial charge is 0.0701 e. The van der Waals surface area contributed by atoms with Crippen LogP contribution in [0.25, 0.3) is 0 Å². The van der Waals surface area contributed by atoms with Gasteiger partial charge in [0.15, 0.2) is 0 Å². The minimum atomic E-state index is 0.580. The molecule has 1 saturated heterocycles. The molecule has 70 valence electrons. The lowest BCUT2D eigenvalue weighted by Crippen LogP contribution is -2.42. The molecule has 0 radical (unpaired) electrons. The average molecular weight is 168 g/mol. The summed E-state index contributed by atoms with van der Waals surface area (Å²) in [7, 11) is 2.17. The Morgan fingerprint density at radius 3 is 2.50 bits per heavy atom. The highest BCUT2D eigenvalue weighted by Gasteiger charge is 2.16. The molecule has 0 aromatic carbocycles. The molecule has 0 unspecified atom stereocenters. The molecule has 1 rings (SSSR count). The Kier molecular flexibility index (Phi) is 3.15. The highest BCUT2D eigenvalue weighted by atomic mass is 15.3. The van der Waals surface area contributed by atoms with E-state index in [4.69, 9.17) is 0 Å². The molecule has 1 aliphatic rings. The first-order chi connectivity index (χ1) is 5.61. The normalized spacial score (nSPS) is 20.2. The van der Waals surface area contributed by atoms with Gasteiger partial charge in [-0.1, -0.05) is 20.4 Å². The van der Waals surface area contributed by atoms with Gasteiger partial charge >= 0.3 is 0 Å². The molecular weight excluding hydrogens is 148 g/mol. The second kappa shape index (κ2) is 3.94. The van der Waals surface area contributed by atoms with Crippen LogP contribution in [0.15, 0.2) is 12.3 Å². The van der Waals surface area contributed by atoms with E-state index in [0.717, 1.165) is 6.67 Å². The van der Waals surface area contributed by atoms with Crippen molar-refractivity contribution >= 4 is 0 Å². The lowest BCUT2D eigenvalue weighted by atomic mass is 10.1. The van der Waals surface area contributed by atoms with Crippen molar-refractivity contribution in [2.24, 2.45) is 5.92 Å². The molecule has 0 saturated carbocycles. The Morgan fingerprint density at radius 1 is 1.33 bits per heavy atom. The minimum absolute atomic E-state index is 0.580. The molecule has 1 fully saturated rings. The van der Waals surface area contributed by atoms with Crippen molar-refractivity contribution in [3.63, 3.8) is 0 Å². The lowest BCUT2D eigenvalue weighted by Gasteiger charge is -2.37. The van der Waals surface area contributed by atoms with E-state index in [1.165, 1.54) is 25.2 Å². The molecule has 0 aromatic heterocycles. The van der Waals surface area contributed by atoms with E-state index in [1.54, 1.807) is 0 Å². The maximum atomic E-state index is 4.11. The van der Waals surface area contributed by atoms with Crippen molar-refractivity contribution in [3.05, 3.63) is 12.3 Å². The Hall–Kier alpha value is -0.500. The van der Waals surface area contributed by atoms with Crippen molar-refractivity contribution in [2.45, 2.75) is 20.3 Å². The van der Waals surface area contributed by atoms with E-state index in [2.05, 4.69) is 37.3 Å². The topological polar surface area (TPSA) is 6.48 Å². The average Bonchev–Trinajstić information content (AvgIpc) is 2.03. The van der Waals surface area contributed by atoms with Crippen molar-refractivity contribution in [3.8, 4) is 0 Å². The predicted molar refractivity (Wildman–Crippen MR) is 52.8 cm³/mol. The zero-order chi connectivity index (χ0) is 9.14. The van der Waals surface area contributed by atoms with E-state index >= 15 is 0 Å². The summed E-state index contributed by atoms with van der Waals surface area (Å²) in [4.78, 5) is 4.73. The van der Waals surface area contributed by atoms with Crippen LogP contribution in [0.1, 0.15) is 20.3 Å². The van der Waals surface area contributed by atoms with Gasteiger partial charge in [-0.25, -0.2) is 0 Å². The van der Waals surface area contributed by atoms with E-state index in [0.29, 0.717) is 5.92 Å². The molecule has 0 N–H and O–H groups in total. The maximum absolute atomic E-state index is 4.11. The van der Waals surface area contributed by atoms with Gasteiger partial charge in [-0.2, -0.15) is 0 Å². The zero-order valence-corrected chi connectivity index (χ0v) is 8.51. The molecule has 1 heterocycles. The number of hydrogen-bond acceptors (Lipinski definition) is 2. The van der Waals surface area contributed by atoms with E-state index in [-0.39, 0.29) is 0 Å². The third-order valence-corrected chi connectivity index (χ3v) is 2.45. The molecule has 2 nitrogen and oxygen atoms in total. The summed E-state index contributed by atoms with van der Waals surface area (Å²) in [5.74, 6) is 0.580. The van der Waals surface area contributed by atoms with Crippen LogP contribution in [0.5, 0.6) is 0 Å². The first-order valence-electron chi connectivity index (χ1n) is 4.73. The molecular formula is C10H20N2. The summed E-state index contributed by atoms with van der Waals surface area (Å²) in [6.07, 6.45) is 1.27. The maximum Gasteiger partial charge on any atom is 0.0701 e. The van der Waals surface area contributed by atoms with Crippen LogP contribution >= 0.6 is 0 Å². The second-order valence-electron chi connectivity index (χ2n) is 3.98. The highest BCUT2D eigenvalue weighted by molar-refractivity contribution is 4.97. The van der Waals surface area contributed by atoms with Crippen LogP contribution in [0.4, 0.5) is 0 Å². The van der Waals surface area contributed by atoms with Gasteiger partial charge in [-0.05, 0) is 19.4 Å². The molecule has 1 aliphatic heterocycles. The van der Waals surface area contributed by atoms with Gasteiger partial charge < -0.3 is 4.90 Å². The number of allylic oxidation sites excluding steroid dienone is 1. The predicted octanol–water partition coefficient (Wildman–Crippen LogP) is 1.75. The van der Waals surface area contributed by atoms with Crippen LogP contribution in [0, 0.1) is 5.92 Å². The first kappa shape index (κ1) is 9.59. The van der Waals surface area contributed by atoms with Gasteiger partial charge in [-0.3, -0.25) is 4.90 Å². The van der Waals surface area contributed by atoms with Crippen molar-refractivity contribution in [1.29, 1.82) is 0 Å². The SMILES string of the molecule is C=C(C(C)C)N1CCCN(C)C1. The van der Waals surface area contributed by atoms with Crippen molar-refractivity contribution < 1.29 is 0 Å². The summed E-state index contributed by atoms with van der Waals surface area (Å²) in [5, 5.41) is 0. The molecule has 0 aliphatic carbocycles. The first-order valence-corrected chi connectivity index (χ1v) is 4.73. The number of rotatable bonds is 2. The van der Waals surface area contributed by atoms with E-state index < -0.39 is 0 Å². The Bertz CT molecular complexity index is 163. The minimum Gasteiger partial charge on any atom is -0.362 e. The fourth-order valence-corrected chi connectivity index (χ4v) is 1.56. The Morgan fingerprint density at radius 2 is 2.00 bits per heavy atom. The fourth-order valence-electron chi connectivity index (χ4n) is 1.56. The molecule has 0 amide bonds. The van der Waals surface area contributed by atoms with Gasteiger partial charge in [0.2, 0.25) is 0 Å². The molecule has 12 heavy (non-hydrogen) atoms. The Balaban J connectivity index is 2.46. The molecule has 0 spiro atoms. The van der Waals surface area contributed by atoms with Crippen LogP contribution in [-0.2, 0) is 0 Å². The lowest BCUT2D eigenvalue weighted by molar-refractivity contribution is 0.130. The van der Waals surface area contributed by atoms with E-state index in [1.807, 2.05) is 0 Å². The third kappa shape index (κ3) is 2.24. The fraction of sp³-hybridized carbons (Fsp3) is 0.800. The summed E-state index contributed by atoms with van der Waals surface area (Å²) >= 11 is 0. The quantitative estimate of drug-likeness (QED) is 0.620. The second-order valence-corrected chi connectivity index (χ2v) is 3.98. The van der Waals surface area contributed by atoms with Gasteiger partial charge in [0.1, 0.15) is 0 Å². The van der Waals surface area contributed by atoms with Crippen LogP contribution in [-0.4, -0.2) is 36.6 Å². The molecule has 0 aromatic rings. The monoisotopic (exact) mass is 168 g/mol. The molecule has 2 heteroatoms. The number of hydrogen-bond donors (Lipinski definition) is 0. The molecule has 0 bridgehead atoms. The summed E-state index contributed by atoms with van der Waals surface area (Å²) < 4.78 is 0. The van der Waals surface area contributed by atoms with E-state index in [9.17, 15) is 0 Å². The Labute approximate surface area is 75.8 Å². The van der Waals surface area contributed by atoms with Crippen LogP contribution in [0.2, 0.25) is 0 Å². The van der Waals surface area contributed by atoms with Gasteiger partial charge in [0.25, 0.3) is 0 Å².